The molecule has 1 heterocycles. The van der Waals surface area contributed by atoms with Crippen molar-refractivity contribution in [1.82, 2.24) is 4.90 Å². The molecule has 6 nitrogen and oxygen atoms in total. The van der Waals surface area contributed by atoms with E-state index >= 15 is 0 Å². The number of rotatable bonds is 5. The number of hydrogen-bond donors (Lipinski definition) is 2. The molecular formula is C20H18FN3O3. The van der Waals surface area contributed by atoms with Crippen molar-refractivity contribution >= 4 is 34.8 Å². The van der Waals surface area contributed by atoms with Crippen LogP contribution in [-0.2, 0) is 9.59 Å². The van der Waals surface area contributed by atoms with E-state index in [9.17, 15) is 18.8 Å². The van der Waals surface area contributed by atoms with Gasteiger partial charge in [-0.2, -0.15) is 0 Å². The van der Waals surface area contributed by atoms with E-state index in [2.05, 4.69) is 17.2 Å². The number of carbonyl (C=O) groups excluding carboxylic acids is 3. The normalized spacial score (nSPS) is 12.7. The summed E-state index contributed by atoms with van der Waals surface area (Å²) in [5.41, 5.74) is 2.18. The van der Waals surface area contributed by atoms with Crippen molar-refractivity contribution in [1.29, 1.82) is 0 Å². The lowest BCUT2D eigenvalue weighted by atomic mass is 10.1. The molecule has 0 atom stereocenters. The lowest BCUT2D eigenvalue weighted by Gasteiger charge is -2.17. The van der Waals surface area contributed by atoms with E-state index in [0.29, 0.717) is 16.9 Å². The van der Waals surface area contributed by atoms with Gasteiger partial charge >= 0.3 is 0 Å². The fraction of sp³-hybridized carbons (Fsp3) is 0.150. The van der Waals surface area contributed by atoms with Gasteiger partial charge in [-0.25, -0.2) is 4.39 Å². The van der Waals surface area contributed by atoms with Gasteiger partial charge in [0, 0.05) is 42.4 Å². The standard InChI is InChI=1S/C20H18FN3O3/c1-12-15-5-3-4-6-16(15)20(27)24(12)10-9-19(26)23-18-11-14(22-13(2)25)7-8-17(18)21/h3-8,11H,1,9-10H2,2H3,(H,22,25)(H,23,26). The van der Waals surface area contributed by atoms with E-state index < -0.39 is 11.7 Å². The minimum Gasteiger partial charge on any atom is -0.326 e. The van der Waals surface area contributed by atoms with Gasteiger partial charge in [-0.05, 0) is 24.3 Å². The minimum atomic E-state index is -0.619. The van der Waals surface area contributed by atoms with Crippen LogP contribution < -0.4 is 10.6 Å². The third-order valence-electron chi connectivity index (χ3n) is 4.16. The van der Waals surface area contributed by atoms with Crippen LogP contribution in [0.4, 0.5) is 15.8 Å². The molecule has 0 spiro atoms. The molecule has 1 aliphatic rings. The molecule has 3 amide bonds. The molecule has 0 radical (unpaired) electrons. The molecule has 0 bridgehead atoms. The number of anilines is 2. The molecule has 0 unspecified atom stereocenters. The van der Waals surface area contributed by atoms with Gasteiger partial charge < -0.3 is 15.5 Å². The maximum atomic E-state index is 13.9. The van der Waals surface area contributed by atoms with Gasteiger partial charge in [-0.1, -0.05) is 24.8 Å². The molecule has 27 heavy (non-hydrogen) atoms. The molecule has 0 aromatic heterocycles. The summed E-state index contributed by atoms with van der Waals surface area (Å²) < 4.78 is 13.9. The molecule has 0 saturated heterocycles. The molecule has 3 rings (SSSR count). The SMILES string of the molecule is C=C1c2ccccc2C(=O)N1CCC(=O)Nc1cc(NC(C)=O)ccc1F. The molecule has 1 aliphatic heterocycles. The number of halogens is 1. The van der Waals surface area contributed by atoms with Crippen LogP contribution in [0.25, 0.3) is 5.70 Å². The van der Waals surface area contributed by atoms with Crippen molar-refractivity contribution in [2.45, 2.75) is 13.3 Å². The third-order valence-corrected chi connectivity index (χ3v) is 4.16. The number of hydrogen-bond acceptors (Lipinski definition) is 3. The Labute approximate surface area is 155 Å². The Morgan fingerprint density at radius 1 is 1.11 bits per heavy atom. The van der Waals surface area contributed by atoms with Crippen molar-refractivity contribution in [3.8, 4) is 0 Å². The van der Waals surface area contributed by atoms with Gasteiger partial charge in [-0.3, -0.25) is 14.4 Å². The topological polar surface area (TPSA) is 78.5 Å². The van der Waals surface area contributed by atoms with Crippen molar-refractivity contribution in [2.75, 3.05) is 17.2 Å². The van der Waals surface area contributed by atoms with Crippen molar-refractivity contribution < 1.29 is 18.8 Å². The van der Waals surface area contributed by atoms with E-state index in [-0.39, 0.29) is 30.5 Å². The highest BCUT2D eigenvalue weighted by molar-refractivity contribution is 6.09. The molecule has 0 saturated carbocycles. The summed E-state index contributed by atoms with van der Waals surface area (Å²) >= 11 is 0. The zero-order chi connectivity index (χ0) is 19.6. The van der Waals surface area contributed by atoms with Crippen LogP contribution >= 0.6 is 0 Å². The number of carbonyl (C=O) groups is 3. The second kappa shape index (κ2) is 7.41. The van der Waals surface area contributed by atoms with Gasteiger partial charge in [0.15, 0.2) is 0 Å². The highest BCUT2D eigenvalue weighted by Gasteiger charge is 2.30. The molecule has 7 heteroatoms. The maximum absolute atomic E-state index is 13.9. The number of benzene rings is 2. The van der Waals surface area contributed by atoms with Crippen LogP contribution in [0.5, 0.6) is 0 Å². The first kappa shape index (κ1) is 18.3. The predicted molar refractivity (Wildman–Crippen MR) is 100 cm³/mol. The molecule has 2 aromatic carbocycles. The largest absolute Gasteiger partial charge is 0.326 e. The van der Waals surface area contributed by atoms with E-state index in [1.54, 1.807) is 18.2 Å². The molecule has 0 aliphatic carbocycles. The molecule has 2 N–H and O–H groups in total. The van der Waals surface area contributed by atoms with Crippen molar-refractivity contribution in [2.24, 2.45) is 0 Å². The van der Waals surface area contributed by atoms with E-state index in [0.717, 1.165) is 11.6 Å². The van der Waals surface area contributed by atoms with Crippen LogP contribution in [0, 0.1) is 5.82 Å². The van der Waals surface area contributed by atoms with Gasteiger partial charge in [-0.15, -0.1) is 0 Å². The monoisotopic (exact) mass is 367 g/mol. The predicted octanol–water partition coefficient (Wildman–Crippen LogP) is 3.24. The van der Waals surface area contributed by atoms with Crippen LogP contribution in [0.2, 0.25) is 0 Å². The van der Waals surface area contributed by atoms with Crippen molar-refractivity contribution in [3.63, 3.8) is 0 Å². The summed E-state index contributed by atoms with van der Waals surface area (Å²) in [5, 5.41) is 4.99. The Morgan fingerprint density at radius 3 is 2.48 bits per heavy atom. The first-order valence-corrected chi connectivity index (χ1v) is 8.34. The molecule has 138 valence electrons. The summed E-state index contributed by atoms with van der Waals surface area (Å²) in [7, 11) is 0. The number of amides is 3. The zero-order valence-corrected chi connectivity index (χ0v) is 14.7. The summed E-state index contributed by atoms with van der Waals surface area (Å²) in [6, 6.07) is 11.0. The Balaban J connectivity index is 1.63. The third kappa shape index (κ3) is 3.87. The van der Waals surface area contributed by atoms with Crippen molar-refractivity contribution in [3.05, 3.63) is 66.0 Å². The second-order valence-electron chi connectivity index (χ2n) is 6.12. The highest BCUT2D eigenvalue weighted by Crippen LogP contribution is 2.31. The summed E-state index contributed by atoms with van der Waals surface area (Å²) in [4.78, 5) is 37.2. The van der Waals surface area contributed by atoms with Gasteiger partial charge in [0.05, 0.1) is 5.69 Å². The number of fused-ring (bicyclic) bond motifs is 1. The molecule has 2 aromatic rings. The Bertz CT molecular complexity index is 920. The first-order valence-electron chi connectivity index (χ1n) is 8.34. The van der Waals surface area contributed by atoms with Crippen LogP contribution in [-0.4, -0.2) is 29.2 Å². The number of nitrogens with zero attached hydrogens (tertiary/aromatic N) is 1. The van der Waals surface area contributed by atoms with E-state index in [4.69, 9.17) is 0 Å². The fourth-order valence-electron chi connectivity index (χ4n) is 2.90. The minimum absolute atomic E-state index is 0.0252. The Hall–Kier alpha value is -3.48. The number of nitrogens with one attached hydrogen (secondary N) is 2. The van der Waals surface area contributed by atoms with Gasteiger partial charge in [0.1, 0.15) is 5.82 Å². The molecule has 0 fully saturated rings. The smallest absolute Gasteiger partial charge is 0.258 e. The zero-order valence-electron chi connectivity index (χ0n) is 14.7. The summed E-state index contributed by atoms with van der Waals surface area (Å²) in [5.74, 6) is -1.58. The lowest BCUT2D eigenvalue weighted by Crippen LogP contribution is -2.27. The van der Waals surface area contributed by atoms with E-state index in [1.807, 2.05) is 6.07 Å². The first-order chi connectivity index (χ1) is 12.9. The molecular weight excluding hydrogens is 349 g/mol. The van der Waals surface area contributed by atoms with Crippen LogP contribution in [0.1, 0.15) is 29.3 Å². The quantitative estimate of drug-likeness (QED) is 0.852. The van der Waals surface area contributed by atoms with Crippen LogP contribution in [0.3, 0.4) is 0 Å². The second-order valence-corrected chi connectivity index (χ2v) is 6.12. The van der Waals surface area contributed by atoms with Gasteiger partial charge in [0.25, 0.3) is 5.91 Å². The Kier molecular flexibility index (Phi) is 5.03. The Morgan fingerprint density at radius 2 is 1.81 bits per heavy atom. The lowest BCUT2D eigenvalue weighted by molar-refractivity contribution is -0.116. The average Bonchev–Trinajstić information content (AvgIpc) is 2.87. The van der Waals surface area contributed by atoms with Crippen LogP contribution in [0.15, 0.2) is 49.0 Å². The maximum Gasteiger partial charge on any atom is 0.258 e. The van der Waals surface area contributed by atoms with Gasteiger partial charge in [0.2, 0.25) is 11.8 Å². The summed E-state index contributed by atoms with van der Waals surface area (Å²) in [6.07, 6.45) is -0.0252. The van der Waals surface area contributed by atoms with E-state index in [1.165, 1.54) is 24.0 Å². The fourth-order valence-corrected chi connectivity index (χ4v) is 2.90. The summed E-state index contributed by atoms with van der Waals surface area (Å²) in [6.45, 7) is 5.38. The average molecular weight is 367 g/mol. The highest BCUT2D eigenvalue weighted by atomic mass is 19.1.